The van der Waals surface area contributed by atoms with Crippen molar-refractivity contribution in [3.05, 3.63) is 160 Å². The Bertz CT molecular complexity index is 1410. The number of alkyl halides is 1. The van der Waals surface area contributed by atoms with E-state index >= 15 is 4.39 Å². The minimum absolute atomic E-state index is 0.0823. The van der Waals surface area contributed by atoms with E-state index in [2.05, 4.69) is 36.4 Å². The Balaban J connectivity index is 1.39. The number of rotatable bonds is 7. The van der Waals surface area contributed by atoms with Crippen molar-refractivity contribution in [2.75, 3.05) is 6.54 Å². The van der Waals surface area contributed by atoms with Crippen LogP contribution in [0.5, 0.6) is 5.06 Å². The predicted molar refractivity (Wildman–Crippen MR) is 149 cm³/mol. The van der Waals surface area contributed by atoms with Gasteiger partial charge in [-0.15, -0.1) is 11.3 Å². The van der Waals surface area contributed by atoms with Gasteiger partial charge in [-0.25, -0.2) is 8.78 Å². The molecule has 38 heavy (non-hydrogen) atoms. The lowest BCUT2D eigenvalue weighted by molar-refractivity contribution is 0.0667. The van der Waals surface area contributed by atoms with E-state index in [0.717, 1.165) is 27.3 Å². The van der Waals surface area contributed by atoms with Gasteiger partial charge in [0.1, 0.15) is 5.82 Å². The number of thiophene rings is 1. The molecule has 0 aliphatic carbocycles. The highest BCUT2D eigenvalue weighted by Gasteiger charge is 2.40. The highest BCUT2D eigenvalue weighted by molar-refractivity contribution is 7.14. The summed E-state index contributed by atoms with van der Waals surface area (Å²) in [5, 5.41) is 0.773. The molecule has 0 saturated carbocycles. The minimum Gasteiger partial charge on any atom is -0.463 e. The van der Waals surface area contributed by atoms with Gasteiger partial charge in [0.25, 0.3) is 0 Å². The van der Waals surface area contributed by atoms with E-state index in [1.165, 1.54) is 17.0 Å². The van der Waals surface area contributed by atoms with Crippen molar-refractivity contribution >= 4 is 11.3 Å². The van der Waals surface area contributed by atoms with Crippen LogP contribution < -0.4 is 4.74 Å². The van der Waals surface area contributed by atoms with Crippen LogP contribution in [0.4, 0.5) is 8.78 Å². The average Bonchev–Trinajstić information content (AvgIpc) is 3.39. The molecule has 0 fully saturated rings. The number of fused-ring (bicyclic) bond motifs is 1. The number of benzene rings is 4. The van der Waals surface area contributed by atoms with Crippen LogP contribution in [-0.2, 0) is 18.6 Å². The molecule has 0 radical (unpaired) electrons. The van der Waals surface area contributed by atoms with Gasteiger partial charge in [-0.1, -0.05) is 109 Å². The number of halogens is 2. The summed E-state index contributed by atoms with van der Waals surface area (Å²) < 4.78 is 36.7. The standard InChI is InChI=1S/C33H27F2NOS/c34-29-19-11-10-18-28(29)32(35)36-21-20-30-24(23-36)22-31(38-30)37-33(25-12-4-1-5-13-25,26-14-6-2-7-15-26)27-16-8-3-9-17-27/h1-19,22,32H,20-21,23H2. The largest absolute Gasteiger partial charge is 0.463 e. The first-order valence-electron chi connectivity index (χ1n) is 12.7. The highest BCUT2D eigenvalue weighted by Crippen LogP contribution is 2.45. The second-order valence-electron chi connectivity index (χ2n) is 9.47. The van der Waals surface area contributed by atoms with Gasteiger partial charge < -0.3 is 4.74 Å². The van der Waals surface area contributed by atoms with Gasteiger partial charge in [0.15, 0.2) is 17.0 Å². The van der Waals surface area contributed by atoms with E-state index in [4.69, 9.17) is 4.74 Å². The molecule has 0 amide bonds. The molecule has 1 atom stereocenters. The molecule has 5 heteroatoms. The van der Waals surface area contributed by atoms with Crippen LogP contribution in [0.2, 0.25) is 0 Å². The van der Waals surface area contributed by atoms with E-state index in [1.807, 2.05) is 60.7 Å². The van der Waals surface area contributed by atoms with Crippen LogP contribution in [0.1, 0.15) is 39.0 Å². The van der Waals surface area contributed by atoms with Crippen molar-refractivity contribution in [1.82, 2.24) is 4.90 Å². The van der Waals surface area contributed by atoms with Crippen molar-refractivity contribution in [2.24, 2.45) is 0 Å². The number of hydrogen-bond acceptors (Lipinski definition) is 3. The fraction of sp³-hybridized carbons (Fsp3) is 0.152. The van der Waals surface area contributed by atoms with Crippen LogP contribution in [0.3, 0.4) is 0 Å². The van der Waals surface area contributed by atoms with E-state index in [0.29, 0.717) is 19.5 Å². The molecule has 0 N–H and O–H groups in total. The van der Waals surface area contributed by atoms with Crippen LogP contribution >= 0.6 is 11.3 Å². The molecule has 1 unspecified atom stereocenters. The predicted octanol–water partition coefficient (Wildman–Crippen LogP) is 8.28. The van der Waals surface area contributed by atoms with E-state index in [-0.39, 0.29) is 5.56 Å². The Labute approximate surface area is 225 Å². The molecule has 2 heterocycles. The molecule has 1 aliphatic rings. The summed E-state index contributed by atoms with van der Waals surface area (Å²) in [6, 6.07) is 38.9. The van der Waals surface area contributed by atoms with E-state index in [9.17, 15) is 4.39 Å². The van der Waals surface area contributed by atoms with Crippen molar-refractivity contribution in [1.29, 1.82) is 0 Å². The molecule has 0 spiro atoms. The number of ether oxygens (including phenoxy) is 1. The molecular formula is C33H27F2NOS. The highest BCUT2D eigenvalue weighted by atomic mass is 32.1. The Morgan fingerprint density at radius 1 is 0.737 bits per heavy atom. The van der Waals surface area contributed by atoms with E-state index < -0.39 is 17.7 Å². The van der Waals surface area contributed by atoms with Gasteiger partial charge in [0.2, 0.25) is 0 Å². The van der Waals surface area contributed by atoms with Gasteiger partial charge in [-0.2, -0.15) is 0 Å². The Morgan fingerprint density at radius 2 is 1.26 bits per heavy atom. The second kappa shape index (κ2) is 10.5. The van der Waals surface area contributed by atoms with Crippen LogP contribution in [0, 0.1) is 5.82 Å². The lowest BCUT2D eigenvalue weighted by Crippen LogP contribution is -2.35. The summed E-state index contributed by atoms with van der Waals surface area (Å²) >= 11 is 1.61. The van der Waals surface area contributed by atoms with E-state index in [1.54, 1.807) is 28.4 Å². The van der Waals surface area contributed by atoms with Crippen LogP contribution in [0.25, 0.3) is 0 Å². The summed E-state index contributed by atoms with van der Waals surface area (Å²) in [6.07, 6.45) is -0.807. The van der Waals surface area contributed by atoms with Crippen molar-refractivity contribution in [2.45, 2.75) is 24.9 Å². The molecule has 0 saturated heterocycles. The molecule has 0 bridgehead atoms. The maximum absolute atomic E-state index is 15.4. The summed E-state index contributed by atoms with van der Waals surface area (Å²) in [5.74, 6) is -0.515. The normalized spacial score (nSPS) is 14.6. The summed E-state index contributed by atoms with van der Waals surface area (Å²) in [4.78, 5) is 2.87. The number of nitrogens with zero attached hydrogens (tertiary/aromatic N) is 1. The second-order valence-corrected chi connectivity index (χ2v) is 10.6. The minimum atomic E-state index is -1.49. The fourth-order valence-corrected chi connectivity index (χ4v) is 6.34. The third kappa shape index (κ3) is 4.53. The smallest absolute Gasteiger partial charge is 0.185 e. The van der Waals surface area contributed by atoms with Gasteiger partial charge in [-0.05, 0) is 24.1 Å². The Morgan fingerprint density at radius 3 is 1.82 bits per heavy atom. The molecule has 1 aliphatic heterocycles. The lowest BCUT2D eigenvalue weighted by atomic mass is 9.80. The lowest BCUT2D eigenvalue weighted by Gasteiger charge is -2.35. The van der Waals surface area contributed by atoms with Gasteiger partial charge in [0.05, 0.1) is 0 Å². The first-order chi connectivity index (χ1) is 18.6. The quantitative estimate of drug-likeness (QED) is 0.157. The average molecular weight is 524 g/mol. The van der Waals surface area contributed by atoms with Gasteiger partial charge >= 0.3 is 0 Å². The monoisotopic (exact) mass is 523 g/mol. The maximum atomic E-state index is 15.4. The fourth-order valence-electron chi connectivity index (χ4n) is 5.28. The SMILES string of the molecule is Fc1ccccc1C(F)N1CCc2sc(OC(c3ccccc3)(c3ccccc3)c3ccccc3)cc2C1. The molecule has 5 aromatic rings. The molecule has 6 rings (SSSR count). The molecule has 4 aromatic carbocycles. The molecule has 190 valence electrons. The maximum Gasteiger partial charge on any atom is 0.185 e. The zero-order valence-electron chi connectivity index (χ0n) is 20.8. The summed E-state index contributed by atoms with van der Waals surface area (Å²) in [6.45, 7) is 0.920. The van der Waals surface area contributed by atoms with Gasteiger partial charge in [0, 0.05) is 40.2 Å². The van der Waals surface area contributed by atoms with Crippen LogP contribution in [0.15, 0.2) is 121 Å². The molecular weight excluding hydrogens is 496 g/mol. The third-order valence-corrected chi connectivity index (χ3v) is 8.27. The molecule has 2 nitrogen and oxygen atoms in total. The topological polar surface area (TPSA) is 12.5 Å². The van der Waals surface area contributed by atoms with Crippen molar-refractivity contribution in [3.8, 4) is 5.06 Å². The third-order valence-electron chi connectivity index (χ3n) is 7.15. The molecule has 1 aromatic heterocycles. The van der Waals surface area contributed by atoms with Crippen molar-refractivity contribution < 1.29 is 13.5 Å². The summed E-state index contributed by atoms with van der Waals surface area (Å²) in [5.41, 5.74) is 3.31. The van der Waals surface area contributed by atoms with Crippen molar-refractivity contribution in [3.63, 3.8) is 0 Å². The zero-order valence-corrected chi connectivity index (χ0v) is 21.6. The Hall–Kier alpha value is -3.80. The summed E-state index contributed by atoms with van der Waals surface area (Å²) in [7, 11) is 0. The zero-order chi connectivity index (χ0) is 26.0. The first-order valence-corrected chi connectivity index (χ1v) is 13.6. The first kappa shape index (κ1) is 24.5. The Kier molecular flexibility index (Phi) is 6.79. The van der Waals surface area contributed by atoms with Crippen LogP contribution in [-0.4, -0.2) is 11.4 Å². The number of hydrogen-bond donors (Lipinski definition) is 0. The van der Waals surface area contributed by atoms with Gasteiger partial charge in [-0.3, -0.25) is 4.90 Å².